The number of aromatic nitrogens is 1. The largest absolute Gasteiger partial charge is 0.464 e. The van der Waals surface area contributed by atoms with Gasteiger partial charge in [-0.1, -0.05) is 19.1 Å². The first-order valence-electron chi connectivity index (χ1n) is 8.28. The van der Waals surface area contributed by atoms with Crippen molar-refractivity contribution in [3.05, 3.63) is 24.3 Å². The lowest BCUT2D eigenvalue weighted by molar-refractivity contribution is -0.153. The molecule has 0 aliphatic heterocycles. The zero-order chi connectivity index (χ0) is 17.6. The fourth-order valence-corrected chi connectivity index (χ4v) is 2.09. The summed E-state index contributed by atoms with van der Waals surface area (Å²) in [5, 5.41) is 0. The molecule has 1 aromatic heterocycles. The van der Waals surface area contributed by atoms with Gasteiger partial charge in [-0.15, -0.1) is 0 Å². The van der Waals surface area contributed by atoms with Gasteiger partial charge in [0.15, 0.2) is 5.58 Å². The van der Waals surface area contributed by atoms with Crippen molar-refractivity contribution in [2.75, 3.05) is 32.8 Å². The monoisotopic (exact) mass is 334 g/mol. The first kappa shape index (κ1) is 18.3. The van der Waals surface area contributed by atoms with Gasteiger partial charge in [-0.2, -0.15) is 4.98 Å². The molecule has 0 atom stereocenters. The Labute approximate surface area is 142 Å². The lowest BCUT2D eigenvalue weighted by atomic mass is 9.97. The standard InChI is InChI=1S/C18H26N2O4/c1-5-20(10-12-22-16(21)18(2,3)4)11-13-23-17-19-14-8-6-7-9-15(14)24-17/h6-9H,5,10-13H2,1-4H3. The van der Waals surface area contributed by atoms with Gasteiger partial charge in [0.2, 0.25) is 0 Å². The molecule has 0 amide bonds. The SMILES string of the molecule is CCN(CCOC(=O)C(C)(C)C)CCOc1nc2ccccc2o1. The van der Waals surface area contributed by atoms with Gasteiger partial charge in [0.1, 0.15) is 18.7 Å². The third-order valence-corrected chi connectivity index (χ3v) is 3.61. The van der Waals surface area contributed by atoms with E-state index in [9.17, 15) is 4.79 Å². The summed E-state index contributed by atoms with van der Waals surface area (Å²) in [5.41, 5.74) is 1.04. The minimum Gasteiger partial charge on any atom is -0.464 e. The van der Waals surface area contributed by atoms with E-state index in [0.29, 0.717) is 31.9 Å². The Hall–Kier alpha value is -2.08. The molecule has 0 unspecified atom stereocenters. The van der Waals surface area contributed by atoms with Crippen LogP contribution in [0.1, 0.15) is 27.7 Å². The van der Waals surface area contributed by atoms with Crippen molar-refractivity contribution < 1.29 is 18.7 Å². The van der Waals surface area contributed by atoms with Crippen molar-refractivity contribution in [2.45, 2.75) is 27.7 Å². The summed E-state index contributed by atoms with van der Waals surface area (Å²) in [6.07, 6.45) is 0.284. The molecule has 0 spiro atoms. The number of para-hydroxylation sites is 2. The summed E-state index contributed by atoms with van der Waals surface area (Å²) in [7, 11) is 0. The van der Waals surface area contributed by atoms with Crippen LogP contribution in [-0.2, 0) is 9.53 Å². The lowest BCUT2D eigenvalue weighted by Crippen LogP contribution is -2.33. The van der Waals surface area contributed by atoms with Gasteiger partial charge < -0.3 is 13.9 Å². The number of fused-ring (bicyclic) bond motifs is 1. The molecule has 0 N–H and O–H groups in total. The molecule has 6 nitrogen and oxygen atoms in total. The van der Waals surface area contributed by atoms with Crippen molar-refractivity contribution in [1.82, 2.24) is 9.88 Å². The molecule has 0 aliphatic rings. The van der Waals surface area contributed by atoms with Gasteiger partial charge in [0.05, 0.1) is 5.41 Å². The fourth-order valence-electron chi connectivity index (χ4n) is 2.09. The van der Waals surface area contributed by atoms with Crippen molar-refractivity contribution in [1.29, 1.82) is 0 Å². The van der Waals surface area contributed by atoms with Crippen LogP contribution in [-0.4, -0.2) is 48.7 Å². The van der Waals surface area contributed by atoms with Crippen LogP contribution in [0.5, 0.6) is 6.08 Å². The number of likely N-dealkylation sites (N-methyl/N-ethyl adjacent to an activating group) is 1. The molecular formula is C18H26N2O4. The Bertz CT molecular complexity index is 627. The van der Waals surface area contributed by atoms with E-state index >= 15 is 0 Å². The summed E-state index contributed by atoms with van der Waals surface area (Å²) >= 11 is 0. The summed E-state index contributed by atoms with van der Waals surface area (Å²) in [5.74, 6) is -0.179. The number of nitrogens with zero attached hydrogens (tertiary/aromatic N) is 2. The van der Waals surface area contributed by atoms with Crippen molar-refractivity contribution in [3.63, 3.8) is 0 Å². The number of oxazole rings is 1. The predicted octanol–water partition coefficient (Wildman–Crippen LogP) is 3.12. The molecule has 0 bridgehead atoms. The van der Waals surface area contributed by atoms with Crippen molar-refractivity contribution in [3.8, 4) is 6.08 Å². The van der Waals surface area contributed by atoms with Crippen LogP contribution in [0, 0.1) is 5.41 Å². The topological polar surface area (TPSA) is 64.8 Å². The molecular weight excluding hydrogens is 308 g/mol. The first-order chi connectivity index (χ1) is 11.4. The lowest BCUT2D eigenvalue weighted by Gasteiger charge is -2.21. The number of hydrogen-bond acceptors (Lipinski definition) is 6. The molecule has 24 heavy (non-hydrogen) atoms. The van der Waals surface area contributed by atoms with Gasteiger partial charge in [-0.05, 0) is 39.4 Å². The summed E-state index contributed by atoms with van der Waals surface area (Å²) in [6, 6.07) is 7.55. The third kappa shape index (κ3) is 5.23. The third-order valence-electron chi connectivity index (χ3n) is 3.61. The van der Waals surface area contributed by atoms with E-state index in [1.165, 1.54) is 0 Å². The van der Waals surface area contributed by atoms with E-state index < -0.39 is 5.41 Å². The van der Waals surface area contributed by atoms with E-state index in [0.717, 1.165) is 12.1 Å². The highest BCUT2D eigenvalue weighted by Crippen LogP contribution is 2.19. The predicted molar refractivity (Wildman–Crippen MR) is 92.0 cm³/mol. The van der Waals surface area contributed by atoms with Gasteiger partial charge in [0, 0.05) is 13.1 Å². The smallest absolute Gasteiger partial charge is 0.394 e. The van der Waals surface area contributed by atoms with Crippen molar-refractivity contribution >= 4 is 17.1 Å². The van der Waals surface area contributed by atoms with Gasteiger partial charge >= 0.3 is 12.0 Å². The quantitative estimate of drug-likeness (QED) is 0.691. The highest BCUT2D eigenvalue weighted by Gasteiger charge is 2.22. The average molecular weight is 334 g/mol. The molecule has 0 saturated carbocycles. The Morgan fingerprint density at radius 1 is 1.21 bits per heavy atom. The molecule has 1 aromatic carbocycles. The Morgan fingerprint density at radius 2 is 1.92 bits per heavy atom. The van der Waals surface area contributed by atoms with E-state index in [1.54, 1.807) is 0 Å². The molecule has 6 heteroatoms. The average Bonchev–Trinajstić information content (AvgIpc) is 2.95. The van der Waals surface area contributed by atoms with Crippen LogP contribution in [0.15, 0.2) is 28.7 Å². The van der Waals surface area contributed by atoms with Crippen LogP contribution in [0.4, 0.5) is 0 Å². The number of benzene rings is 1. The molecule has 2 rings (SSSR count). The van der Waals surface area contributed by atoms with Crippen LogP contribution >= 0.6 is 0 Å². The zero-order valence-corrected chi connectivity index (χ0v) is 14.9. The minimum atomic E-state index is -0.465. The Morgan fingerprint density at radius 3 is 2.58 bits per heavy atom. The highest BCUT2D eigenvalue weighted by atomic mass is 16.6. The van der Waals surface area contributed by atoms with E-state index in [-0.39, 0.29) is 12.0 Å². The second-order valence-corrected chi connectivity index (χ2v) is 6.62. The van der Waals surface area contributed by atoms with E-state index in [1.807, 2.05) is 45.0 Å². The van der Waals surface area contributed by atoms with Crippen LogP contribution < -0.4 is 4.74 Å². The highest BCUT2D eigenvalue weighted by molar-refractivity contribution is 5.75. The Kier molecular flexibility index (Phi) is 6.20. The summed E-state index contributed by atoms with van der Waals surface area (Å²) in [4.78, 5) is 18.2. The maximum absolute atomic E-state index is 11.7. The van der Waals surface area contributed by atoms with E-state index in [2.05, 4.69) is 16.8 Å². The molecule has 1 heterocycles. The van der Waals surface area contributed by atoms with Crippen LogP contribution in [0.3, 0.4) is 0 Å². The van der Waals surface area contributed by atoms with Crippen LogP contribution in [0.25, 0.3) is 11.1 Å². The number of ether oxygens (including phenoxy) is 2. The second-order valence-electron chi connectivity index (χ2n) is 6.62. The fraction of sp³-hybridized carbons (Fsp3) is 0.556. The van der Waals surface area contributed by atoms with Gasteiger partial charge in [0.25, 0.3) is 0 Å². The maximum Gasteiger partial charge on any atom is 0.394 e. The molecule has 0 saturated heterocycles. The van der Waals surface area contributed by atoms with Gasteiger partial charge in [-0.3, -0.25) is 9.69 Å². The molecule has 2 aromatic rings. The minimum absolute atomic E-state index is 0.179. The molecule has 0 aliphatic carbocycles. The number of carbonyl (C=O) groups is 1. The normalized spacial score (nSPS) is 11.9. The van der Waals surface area contributed by atoms with Crippen molar-refractivity contribution in [2.24, 2.45) is 5.41 Å². The number of hydrogen-bond donors (Lipinski definition) is 0. The van der Waals surface area contributed by atoms with Gasteiger partial charge in [-0.25, -0.2) is 0 Å². The second kappa shape index (κ2) is 8.15. The first-order valence-corrected chi connectivity index (χ1v) is 8.28. The molecule has 0 fully saturated rings. The number of carbonyl (C=O) groups excluding carboxylic acids is 1. The number of esters is 1. The zero-order valence-electron chi connectivity index (χ0n) is 14.9. The molecule has 132 valence electrons. The Balaban J connectivity index is 1.72. The maximum atomic E-state index is 11.7. The van der Waals surface area contributed by atoms with E-state index in [4.69, 9.17) is 13.9 Å². The number of rotatable bonds is 8. The molecule has 0 radical (unpaired) electrons. The summed E-state index contributed by atoms with van der Waals surface area (Å²) in [6.45, 7) is 10.7. The van der Waals surface area contributed by atoms with Crippen LogP contribution in [0.2, 0.25) is 0 Å². The summed E-state index contributed by atoms with van der Waals surface area (Å²) < 4.78 is 16.4.